The van der Waals surface area contributed by atoms with Crippen LogP contribution in [0.5, 0.6) is 0 Å². The van der Waals surface area contributed by atoms with E-state index in [4.69, 9.17) is 0 Å². The van der Waals surface area contributed by atoms with Crippen LogP contribution in [-0.2, 0) is 16.1 Å². The Morgan fingerprint density at radius 2 is 1.56 bits per heavy atom. The molecule has 0 saturated heterocycles. The molecule has 0 aliphatic carbocycles. The maximum atomic E-state index is 13.1. The Bertz CT molecular complexity index is 714. The molecule has 0 spiro atoms. The summed E-state index contributed by atoms with van der Waals surface area (Å²) in [6, 6.07) is 18.8. The van der Waals surface area contributed by atoms with Gasteiger partial charge < -0.3 is 10.2 Å². The van der Waals surface area contributed by atoms with Gasteiger partial charge in [-0.05, 0) is 23.5 Å². The van der Waals surface area contributed by atoms with Crippen LogP contribution in [0.2, 0.25) is 0 Å². The molecule has 0 radical (unpaired) electrons. The van der Waals surface area contributed by atoms with E-state index in [1.165, 1.54) is 0 Å². The molecule has 144 valence electrons. The van der Waals surface area contributed by atoms with Gasteiger partial charge in [-0.2, -0.15) is 0 Å². The fourth-order valence-corrected chi connectivity index (χ4v) is 2.97. The molecule has 0 heterocycles. The predicted octanol–water partition coefficient (Wildman–Crippen LogP) is 4.33. The monoisotopic (exact) mass is 366 g/mol. The number of hydrogen-bond donors (Lipinski definition) is 1. The molecule has 4 nitrogen and oxygen atoms in total. The highest BCUT2D eigenvalue weighted by atomic mass is 16.2. The lowest BCUT2D eigenvalue weighted by Crippen LogP contribution is -2.44. The van der Waals surface area contributed by atoms with Gasteiger partial charge in [0.2, 0.25) is 11.8 Å². The average Bonchev–Trinajstić information content (AvgIpc) is 2.67. The summed E-state index contributed by atoms with van der Waals surface area (Å²) in [6.07, 6.45) is 1.17. The van der Waals surface area contributed by atoms with Crippen molar-refractivity contribution in [2.75, 3.05) is 6.54 Å². The number of nitrogens with one attached hydrogen (secondary N) is 1. The van der Waals surface area contributed by atoms with Crippen LogP contribution >= 0.6 is 0 Å². The van der Waals surface area contributed by atoms with Crippen molar-refractivity contribution in [2.45, 2.75) is 46.2 Å². The minimum Gasteiger partial charge on any atom is -0.354 e. The lowest BCUT2D eigenvalue weighted by Gasteiger charge is -2.32. The normalized spacial score (nSPS) is 11.9. The van der Waals surface area contributed by atoms with Crippen LogP contribution in [0.1, 0.15) is 50.8 Å². The standard InChI is InChI=1S/C23H30N2O2/c1-4-11-21(26)25(17-19-12-7-5-8-13-19)22(20-14-9-6-10-15-20)23(27)24-16-18(2)3/h5-10,12-15,18,22H,4,11,16-17H2,1-3H3,(H,24,27)/t22-/m0/s1. The summed E-state index contributed by atoms with van der Waals surface area (Å²) < 4.78 is 0. The van der Waals surface area contributed by atoms with Gasteiger partial charge in [0, 0.05) is 19.5 Å². The third-order valence-electron chi connectivity index (χ3n) is 4.34. The first kappa shape index (κ1) is 20.7. The number of carbonyl (C=O) groups is 2. The van der Waals surface area contributed by atoms with Crippen LogP contribution in [0.3, 0.4) is 0 Å². The second-order valence-electron chi connectivity index (χ2n) is 7.21. The average molecular weight is 367 g/mol. The second-order valence-corrected chi connectivity index (χ2v) is 7.21. The van der Waals surface area contributed by atoms with Crippen molar-refractivity contribution in [3.63, 3.8) is 0 Å². The van der Waals surface area contributed by atoms with Gasteiger partial charge in [0.1, 0.15) is 6.04 Å². The molecule has 0 aliphatic rings. The van der Waals surface area contributed by atoms with E-state index in [2.05, 4.69) is 19.2 Å². The molecule has 0 unspecified atom stereocenters. The maximum absolute atomic E-state index is 13.1. The number of amides is 2. The van der Waals surface area contributed by atoms with E-state index < -0.39 is 6.04 Å². The molecule has 0 bridgehead atoms. The molecule has 1 atom stereocenters. The topological polar surface area (TPSA) is 49.4 Å². The zero-order valence-corrected chi connectivity index (χ0v) is 16.5. The van der Waals surface area contributed by atoms with Gasteiger partial charge in [-0.15, -0.1) is 0 Å². The molecule has 1 N–H and O–H groups in total. The first-order valence-corrected chi connectivity index (χ1v) is 9.69. The number of rotatable bonds is 9. The predicted molar refractivity (Wildman–Crippen MR) is 109 cm³/mol. The zero-order valence-electron chi connectivity index (χ0n) is 16.5. The fourth-order valence-electron chi connectivity index (χ4n) is 2.97. The third kappa shape index (κ3) is 6.24. The van der Waals surface area contributed by atoms with Crippen LogP contribution in [-0.4, -0.2) is 23.3 Å². The lowest BCUT2D eigenvalue weighted by molar-refractivity contribution is -0.141. The van der Waals surface area contributed by atoms with Crippen LogP contribution in [0.4, 0.5) is 0 Å². The molecule has 0 saturated carbocycles. The van der Waals surface area contributed by atoms with E-state index in [-0.39, 0.29) is 11.8 Å². The van der Waals surface area contributed by atoms with Gasteiger partial charge in [-0.1, -0.05) is 81.4 Å². The summed E-state index contributed by atoms with van der Waals surface area (Å²) in [5.41, 5.74) is 1.85. The number of hydrogen-bond acceptors (Lipinski definition) is 2. The Hall–Kier alpha value is -2.62. The Balaban J connectivity index is 2.38. The van der Waals surface area contributed by atoms with Gasteiger partial charge in [0.25, 0.3) is 0 Å². The Morgan fingerprint density at radius 3 is 2.11 bits per heavy atom. The van der Waals surface area contributed by atoms with E-state index in [1.807, 2.05) is 67.6 Å². The number of carbonyl (C=O) groups excluding carboxylic acids is 2. The molecule has 4 heteroatoms. The molecule has 2 rings (SSSR count). The van der Waals surface area contributed by atoms with Crippen LogP contribution in [0.15, 0.2) is 60.7 Å². The maximum Gasteiger partial charge on any atom is 0.247 e. The fraction of sp³-hybridized carbons (Fsp3) is 0.391. The number of benzene rings is 2. The zero-order chi connectivity index (χ0) is 19.6. The van der Waals surface area contributed by atoms with Crippen molar-refractivity contribution in [3.05, 3.63) is 71.8 Å². The minimum atomic E-state index is -0.635. The van der Waals surface area contributed by atoms with Crippen molar-refractivity contribution in [1.82, 2.24) is 10.2 Å². The summed E-state index contributed by atoms with van der Waals surface area (Å²) in [5.74, 6) is 0.212. The van der Waals surface area contributed by atoms with E-state index in [9.17, 15) is 9.59 Å². The smallest absolute Gasteiger partial charge is 0.247 e. The Morgan fingerprint density at radius 1 is 0.963 bits per heavy atom. The Kier molecular flexibility index (Phi) is 8.05. The highest BCUT2D eigenvalue weighted by molar-refractivity contribution is 5.88. The molecule has 27 heavy (non-hydrogen) atoms. The molecule has 0 fully saturated rings. The summed E-state index contributed by atoms with van der Waals surface area (Å²) in [5, 5.41) is 3.01. The van der Waals surface area contributed by atoms with Gasteiger partial charge in [0.15, 0.2) is 0 Å². The molecule has 2 amide bonds. The van der Waals surface area contributed by atoms with Crippen molar-refractivity contribution in [2.24, 2.45) is 5.92 Å². The Labute approximate surface area is 162 Å². The largest absolute Gasteiger partial charge is 0.354 e. The molecular formula is C23H30N2O2. The van der Waals surface area contributed by atoms with E-state index >= 15 is 0 Å². The highest BCUT2D eigenvalue weighted by Crippen LogP contribution is 2.25. The first-order valence-electron chi connectivity index (χ1n) is 9.69. The van der Waals surface area contributed by atoms with Gasteiger partial charge in [-0.3, -0.25) is 9.59 Å². The van der Waals surface area contributed by atoms with Gasteiger partial charge >= 0.3 is 0 Å². The summed E-state index contributed by atoms with van der Waals surface area (Å²) in [4.78, 5) is 27.7. The second kappa shape index (κ2) is 10.5. The molecule has 0 aliphatic heterocycles. The quantitative estimate of drug-likeness (QED) is 0.718. The van der Waals surface area contributed by atoms with Crippen molar-refractivity contribution in [3.8, 4) is 0 Å². The molecule has 2 aromatic carbocycles. The summed E-state index contributed by atoms with van der Waals surface area (Å²) in [7, 11) is 0. The van der Waals surface area contributed by atoms with Crippen molar-refractivity contribution in [1.29, 1.82) is 0 Å². The van der Waals surface area contributed by atoms with Gasteiger partial charge in [0.05, 0.1) is 0 Å². The lowest BCUT2D eigenvalue weighted by atomic mass is 10.0. The van der Waals surface area contributed by atoms with Crippen LogP contribution < -0.4 is 5.32 Å². The molecule has 2 aromatic rings. The van der Waals surface area contributed by atoms with Crippen LogP contribution in [0.25, 0.3) is 0 Å². The molecule has 0 aromatic heterocycles. The van der Waals surface area contributed by atoms with Crippen molar-refractivity contribution >= 4 is 11.8 Å². The summed E-state index contributed by atoms with van der Waals surface area (Å²) >= 11 is 0. The first-order chi connectivity index (χ1) is 13.0. The van der Waals surface area contributed by atoms with E-state index in [1.54, 1.807) is 4.90 Å². The summed E-state index contributed by atoms with van der Waals surface area (Å²) in [6.45, 7) is 7.09. The minimum absolute atomic E-state index is 0.00472. The number of nitrogens with zero attached hydrogens (tertiary/aromatic N) is 1. The molecular weight excluding hydrogens is 336 g/mol. The third-order valence-corrected chi connectivity index (χ3v) is 4.34. The van der Waals surface area contributed by atoms with Gasteiger partial charge in [-0.25, -0.2) is 0 Å². The van der Waals surface area contributed by atoms with E-state index in [0.29, 0.717) is 25.4 Å². The SMILES string of the molecule is CCCC(=O)N(Cc1ccccc1)[C@H](C(=O)NCC(C)C)c1ccccc1. The van der Waals surface area contributed by atoms with E-state index in [0.717, 1.165) is 17.5 Å². The van der Waals surface area contributed by atoms with Crippen molar-refractivity contribution < 1.29 is 9.59 Å². The van der Waals surface area contributed by atoms with Crippen LogP contribution in [0, 0.1) is 5.92 Å². The highest BCUT2D eigenvalue weighted by Gasteiger charge is 2.30.